The molecule has 1 saturated carbocycles. The highest BCUT2D eigenvalue weighted by molar-refractivity contribution is 6.04. The summed E-state index contributed by atoms with van der Waals surface area (Å²) in [5.74, 6) is 0.0558. The number of aromatic amines is 1. The Morgan fingerprint density at radius 2 is 1.82 bits per heavy atom. The number of fused-ring (bicyclic) bond motifs is 2. The van der Waals surface area contributed by atoms with Crippen molar-refractivity contribution in [3.8, 4) is 0 Å². The first kappa shape index (κ1) is 21.4. The molecule has 0 radical (unpaired) electrons. The number of carbonyl (C=O) groups is 2. The number of amides is 2. The highest BCUT2D eigenvalue weighted by atomic mass is 16.2. The standard InChI is InChI=1S/C27H31N5O2/c33-25(29-22-9-5-10-23-21(22)17-28-30-23)24-11-6-15-32(24)26(34)27(13-3-4-14-27)31-16-12-19-7-1-2-8-20(19)18-31/h1-2,5,7-10,17,24H,3-4,6,11-16,18H2,(H,28,30)(H,29,33)/t24-/m1/s1. The maximum absolute atomic E-state index is 14.2. The van der Waals surface area contributed by atoms with Crippen LogP contribution in [0.2, 0.25) is 0 Å². The molecular formula is C27H31N5O2. The van der Waals surface area contributed by atoms with E-state index in [1.807, 2.05) is 23.1 Å². The van der Waals surface area contributed by atoms with E-state index in [2.05, 4.69) is 44.7 Å². The number of H-pyrrole nitrogens is 1. The van der Waals surface area contributed by atoms with E-state index >= 15 is 0 Å². The fourth-order valence-corrected chi connectivity index (χ4v) is 6.33. The van der Waals surface area contributed by atoms with Crippen LogP contribution in [0.25, 0.3) is 10.9 Å². The summed E-state index contributed by atoms with van der Waals surface area (Å²) in [4.78, 5) is 31.9. The van der Waals surface area contributed by atoms with E-state index in [1.165, 1.54) is 11.1 Å². The SMILES string of the molecule is O=C(Nc1cccc2[nH]ncc12)[C@H]1CCCN1C(=O)C1(N2CCc3ccccc3C2)CCCC1. The Bertz CT molecular complexity index is 1230. The van der Waals surface area contributed by atoms with E-state index in [4.69, 9.17) is 0 Å². The predicted octanol–water partition coefficient (Wildman–Crippen LogP) is 3.86. The van der Waals surface area contributed by atoms with Gasteiger partial charge in [-0.3, -0.25) is 19.6 Å². The van der Waals surface area contributed by atoms with Gasteiger partial charge in [0.15, 0.2) is 0 Å². The van der Waals surface area contributed by atoms with E-state index in [9.17, 15) is 9.59 Å². The van der Waals surface area contributed by atoms with E-state index in [0.29, 0.717) is 13.0 Å². The number of hydrogen-bond donors (Lipinski definition) is 2. The van der Waals surface area contributed by atoms with Crippen LogP contribution in [0, 0.1) is 0 Å². The average molecular weight is 458 g/mol. The third-order valence-electron chi connectivity index (χ3n) is 8.12. The molecule has 176 valence electrons. The summed E-state index contributed by atoms with van der Waals surface area (Å²) in [5.41, 5.74) is 3.86. The Labute approximate surface area is 199 Å². The van der Waals surface area contributed by atoms with Crippen LogP contribution in [0.4, 0.5) is 5.69 Å². The minimum atomic E-state index is -0.485. The second-order valence-electron chi connectivity index (χ2n) is 9.96. The summed E-state index contributed by atoms with van der Waals surface area (Å²) in [6.45, 7) is 2.37. The second-order valence-corrected chi connectivity index (χ2v) is 9.96. The first-order valence-electron chi connectivity index (χ1n) is 12.5. The summed E-state index contributed by atoms with van der Waals surface area (Å²) < 4.78 is 0. The van der Waals surface area contributed by atoms with Crippen LogP contribution in [-0.4, -0.2) is 56.5 Å². The van der Waals surface area contributed by atoms with Gasteiger partial charge in [-0.2, -0.15) is 5.10 Å². The Hall–Kier alpha value is -3.19. The van der Waals surface area contributed by atoms with Crippen LogP contribution in [0.15, 0.2) is 48.7 Å². The van der Waals surface area contributed by atoms with Gasteiger partial charge in [0.25, 0.3) is 0 Å². The maximum atomic E-state index is 14.2. The minimum Gasteiger partial charge on any atom is -0.329 e. The monoisotopic (exact) mass is 457 g/mol. The number of hydrogen-bond acceptors (Lipinski definition) is 4. The molecule has 7 nitrogen and oxygen atoms in total. The number of benzene rings is 2. The van der Waals surface area contributed by atoms with Crippen LogP contribution in [0.5, 0.6) is 0 Å². The number of carbonyl (C=O) groups excluding carboxylic acids is 2. The Balaban J connectivity index is 1.24. The molecule has 2 fully saturated rings. The normalized spacial score (nSPS) is 22.1. The lowest BCUT2D eigenvalue weighted by atomic mass is 9.88. The van der Waals surface area contributed by atoms with Crippen molar-refractivity contribution in [1.82, 2.24) is 20.0 Å². The van der Waals surface area contributed by atoms with Crippen molar-refractivity contribution in [2.75, 3.05) is 18.4 Å². The van der Waals surface area contributed by atoms with Gasteiger partial charge in [-0.15, -0.1) is 0 Å². The lowest BCUT2D eigenvalue weighted by Crippen LogP contribution is -2.61. The van der Waals surface area contributed by atoms with Crippen molar-refractivity contribution in [2.24, 2.45) is 0 Å². The van der Waals surface area contributed by atoms with Gasteiger partial charge >= 0.3 is 0 Å². The molecule has 2 aliphatic heterocycles. The number of likely N-dealkylation sites (tertiary alicyclic amines) is 1. The summed E-state index contributed by atoms with van der Waals surface area (Å²) in [6.07, 6.45) is 8.17. The fraction of sp³-hybridized carbons (Fsp3) is 0.444. The second kappa shape index (κ2) is 8.55. The minimum absolute atomic E-state index is 0.100. The van der Waals surface area contributed by atoms with Crippen molar-refractivity contribution in [3.63, 3.8) is 0 Å². The van der Waals surface area contributed by atoms with Gasteiger partial charge in [0, 0.05) is 25.0 Å². The Morgan fingerprint density at radius 1 is 1.00 bits per heavy atom. The molecule has 3 heterocycles. The maximum Gasteiger partial charge on any atom is 0.247 e. The summed E-state index contributed by atoms with van der Waals surface area (Å²) in [7, 11) is 0. The summed E-state index contributed by atoms with van der Waals surface area (Å²) >= 11 is 0. The van der Waals surface area contributed by atoms with Gasteiger partial charge < -0.3 is 10.2 Å². The van der Waals surface area contributed by atoms with Crippen molar-refractivity contribution in [2.45, 2.75) is 63.1 Å². The van der Waals surface area contributed by atoms with Crippen molar-refractivity contribution >= 4 is 28.4 Å². The van der Waals surface area contributed by atoms with Crippen LogP contribution in [0.1, 0.15) is 49.7 Å². The number of rotatable bonds is 4. The molecule has 2 N–H and O–H groups in total. The zero-order valence-electron chi connectivity index (χ0n) is 19.4. The first-order valence-corrected chi connectivity index (χ1v) is 12.5. The molecule has 2 amide bonds. The van der Waals surface area contributed by atoms with Crippen LogP contribution in [0.3, 0.4) is 0 Å². The van der Waals surface area contributed by atoms with Gasteiger partial charge in [0.05, 0.1) is 17.4 Å². The van der Waals surface area contributed by atoms with Gasteiger partial charge in [-0.05, 0) is 55.4 Å². The Morgan fingerprint density at radius 3 is 2.68 bits per heavy atom. The zero-order valence-corrected chi connectivity index (χ0v) is 19.4. The molecule has 1 saturated heterocycles. The highest BCUT2D eigenvalue weighted by Crippen LogP contribution is 2.41. The molecule has 34 heavy (non-hydrogen) atoms. The molecule has 7 heteroatoms. The molecule has 1 aromatic heterocycles. The number of nitrogens with one attached hydrogen (secondary N) is 2. The highest BCUT2D eigenvalue weighted by Gasteiger charge is 2.51. The topological polar surface area (TPSA) is 81.3 Å². The largest absolute Gasteiger partial charge is 0.329 e. The molecular weight excluding hydrogens is 426 g/mol. The lowest BCUT2D eigenvalue weighted by Gasteiger charge is -2.45. The van der Waals surface area contributed by atoms with Gasteiger partial charge in [0.1, 0.15) is 11.6 Å². The molecule has 0 unspecified atom stereocenters. The van der Waals surface area contributed by atoms with Crippen LogP contribution < -0.4 is 5.32 Å². The third kappa shape index (κ3) is 3.50. The quantitative estimate of drug-likeness (QED) is 0.623. The number of aromatic nitrogens is 2. The van der Waals surface area contributed by atoms with Gasteiger partial charge in [-0.25, -0.2) is 0 Å². The zero-order chi connectivity index (χ0) is 23.1. The smallest absolute Gasteiger partial charge is 0.247 e. The van der Waals surface area contributed by atoms with Crippen LogP contribution >= 0.6 is 0 Å². The summed E-state index contributed by atoms with van der Waals surface area (Å²) in [6, 6.07) is 13.9. The van der Waals surface area contributed by atoms with Crippen molar-refractivity contribution < 1.29 is 9.59 Å². The molecule has 0 spiro atoms. The van der Waals surface area contributed by atoms with E-state index in [-0.39, 0.29) is 11.8 Å². The molecule has 0 bridgehead atoms. The molecule has 6 rings (SSSR count). The van der Waals surface area contributed by atoms with Crippen molar-refractivity contribution in [1.29, 1.82) is 0 Å². The number of anilines is 1. The molecule has 3 aromatic rings. The fourth-order valence-electron chi connectivity index (χ4n) is 6.33. The van der Waals surface area contributed by atoms with E-state index in [1.54, 1.807) is 6.20 Å². The third-order valence-corrected chi connectivity index (χ3v) is 8.12. The first-order chi connectivity index (χ1) is 16.7. The molecule has 1 aliphatic carbocycles. The van der Waals surface area contributed by atoms with Gasteiger partial charge in [-0.1, -0.05) is 43.2 Å². The van der Waals surface area contributed by atoms with E-state index < -0.39 is 11.6 Å². The lowest BCUT2D eigenvalue weighted by molar-refractivity contribution is -0.148. The average Bonchev–Trinajstić information content (AvgIpc) is 3.64. The molecule has 3 aliphatic rings. The summed E-state index contributed by atoms with van der Waals surface area (Å²) in [5, 5.41) is 11.0. The van der Waals surface area contributed by atoms with Crippen LogP contribution in [-0.2, 0) is 22.6 Å². The van der Waals surface area contributed by atoms with Gasteiger partial charge in [0.2, 0.25) is 11.8 Å². The van der Waals surface area contributed by atoms with E-state index in [0.717, 1.165) is 68.2 Å². The Kier molecular flexibility index (Phi) is 5.37. The molecule has 2 aromatic carbocycles. The van der Waals surface area contributed by atoms with Crippen molar-refractivity contribution in [3.05, 3.63) is 59.8 Å². The predicted molar refractivity (Wildman–Crippen MR) is 131 cm³/mol. The molecule has 1 atom stereocenters. The number of nitrogens with zero attached hydrogens (tertiary/aromatic N) is 3.